The number of hydrogen-bond acceptors (Lipinski definition) is 5. The van der Waals surface area contributed by atoms with Gasteiger partial charge >= 0.3 is 12.1 Å². The summed E-state index contributed by atoms with van der Waals surface area (Å²) >= 11 is 0. The molecule has 7 heteroatoms. The van der Waals surface area contributed by atoms with Crippen LogP contribution in [0.5, 0.6) is 5.75 Å². The molecule has 1 N–H and O–H groups in total. The quantitative estimate of drug-likeness (QED) is 0.899. The number of amides is 1. The Morgan fingerprint density at radius 2 is 1.91 bits per heavy atom. The molecule has 0 radical (unpaired) electrons. The van der Waals surface area contributed by atoms with E-state index >= 15 is 0 Å². The van der Waals surface area contributed by atoms with Gasteiger partial charge < -0.3 is 14.6 Å². The predicted octanol–water partition coefficient (Wildman–Crippen LogP) is 2.16. The van der Waals surface area contributed by atoms with Crippen molar-refractivity contribution in [3.63, 3.8) is 0 Å². The van der Waals surface area contributed by atoms with Gasteiger partial charge in [-0.1, -0.05) is 12.1 Å². The lowest BCUT2D eigenvalue weighted by atomic mass is 10.1. The standard InChI is InChI=1S/C16H22N2O5/c1-15(2,3)23-14(21)18-10-16(13(19)20,17(4)5)22-12-9-7-6-8-11(12)18/h6-9H,10H2,1-5H3,(H,19,20). The lowest BCUT2D eigenvalue weighted by Crippen LogP contribution is -2.65. The molecule has 1 atom stereocenters. The number of aliphatic carboxylic acids is 1. The monoisotopic (exact) mass is 322 g/mol. The number of hydrogen-bond donors (Lipinski definition) is 1. The lowest BCUT2D eigenvalue weighted by Gasteiger charge is -2.44. The van der Waals surface area contributed by atoms with Gasteiger partial charge in [-0.2, -0.15) is 0 Å². The van der Waals surface area contributed by atoms with Gasteiger partial charge in [0.05, 0.1) is 12.2 Å². The number of ether oxygens (including phenoxy) is 2. The topological polar surface area (TPSA) is 79.3 Å². The van der Waals surface area contributed by atoms with Gasteiger partial charge in [-0.3, -0.25) is 9.80 Å². The number of fused-ring (bicyclic) bond motifs is 1. The van der Waals surface area contributed by atoms with E-state index < -0.39 is 23.4 Å². The van der Waals surface area contributed by atoms with E-state index in [1.807, 2.05) is 0 Å². The van der Waals surface area contributed by atoms with E-state index in [4.69, 9.17) is 9.47 Å². The van der Waals surface area contributed by atoms with Gasteiger partial charge in [0.15, 0.2) is 0 Å². The Labute approximate surface area is 135 Å². The molecule has 126 valence electrons. The predicted molar refractivity (Wildman–Crippen MR) is 84.7 cm³/mol. The molecule has 0 saturated carbocycles. The van der Waals surface area contributed by atoms with Crippen molar-refractivity contribution in [2.45, 2.75) is 32.1 Å². The van der Waals surface area contributed by atoms with Crippen LogP contribution < -0.4 is 9.64 Å². The maximum absolute atomic E-state index is 12.5. The molecule has 0 saturated heterocycles. The van der Waals surface area contributed by atoms with E-state index in [-0.39, 0.29) is 6.54 Å². The summed E-state index contributed by atoms with van der Waals surface area (Å²) in [5.41, 5.74) is -1.87. The molecule has 0 aliphatic carbocycles. The second-order valence-electron chi connectivity index (χ2n) is 6.62. The van der Waals surface area contributed by atoms with Gasteiger partial charge in [-0.25, -0.2) is 9.59 Å². The summed E-state index contributed by atoms with van der Waals surface area (Å²) in [7, 11) is 3.19. The van der Waals surface area contributed by atoms with Gasteiger partial charge in [-0.05, 0) is 47.0 Å². The number of anilines is 1. The van der Waals surface area contributed by atoms with Crippen LogP contribution in [0.1, 0.15) is 20.8 Å². The Hall–Kier alpha value is -2.28. The Balaban J connectivity index is 2.48. The molecule has 1 aliphatic rings. The van der Waals surface area contributed by atoms with Crippen molar-refractivity contribution in [3.8, 4) is 5.75 Å². The number of nitrogens with zero attached hydrogens (tertiary/aromatic N) is 2. The summed E-state index contributed by atoms with van der Waals surface area (Å²) in [5.74, 6) is -0.855. The first-order chi connectivity index (χ1) is 10.6. The van der Waals surface area contributed by atoms with Gasteiger partial charge in [0.25, 0.3) is 5.72 Å². The third-order valence-electron chi connectivity index (χ3n) is 3.48. The van der Waals surface area contributed by atoms with Crippen LogP contribution >= 0.6 is 0 Å². The van der Waals surface area contributed by atoms with E-state index in [0.717, 1.165) is 0 Å². The van der Waals surface area contributed by atoms with E-state index in [9.17, 15) is 14.7 Å². The van der Waals surface area contributed by atoms with Crippen LogP contribution in [0.15, 0.2) is 24.3 Å². The highest BCUT2D eigenvalue weighted by atomic mass is 16.6. The number of carbonyl (C=O) groups is 2. The van der Waals surface area contributed by atoms with E-state index in [1.165, 1.54) is 9.80 Å². The van der Waals surface area contributed by atoms with Crippen molar-refractivity contribution < 1.29 is 24.2 Å². The minimum absolute atomic E-state index is 0.179. The molecule has 1 aromatic carbocycles. The summed E-state index contributed by atoms with van der Waals surface area (Å²) in [4.78, 5) is 27.1. The number of carboxylic acid groups (broad SMARTS) is 1. The number of para-hydroxylation sites is 2. The zero-order valence-corrected chi connectivity index (χ0v) is 14.0. The zero-order chi connectivity index (χ0) is 17.4. The molecule has 2 rings (SSSR count). The molecule has 7 nitrogen and oxygen atoms in total. The number of carbonyl (C=O) groups excluding carboxylic acids is 1. The molecule has 23 heavy (non-hydrogen) atoms. The van der Waals surface area contributed by atoms with Crippen molar-refractivity contribution in [3.05, 3.63) is 24.3 Å². The van der Waals surface area contributed by atoms with Crippen molar-refractivity contribution in [1.29, 1.82) is 0 Å². The van der Waals surface area contributed by atoms with Crippen LogP contribution in [0.25, 0.3) is 0 Å². The first-order valence-corrected chi connectivity index (χ1v) is 7.26. The molecule has 0 bridgehead atoms. The Bertz CT molecular complexity index is 623. The van der Waals surface area contributed by atoms with Crippen molar-refractivity contribution in [2.24, 2.45) is 0 Å². The first kappa shape index (κ1) is 17.1. The van der Waals surface area contributed by atoms with Gasteiger partial charge in [0, 0.05) is 0 Å². The number of benzene rings is 1. The van der Waals surface area contributed by atoms with Crippen LogP contribution in [0.4, 0.5) is 10.5 Å². The van der Waals surface area contributed by atoms with Crippen LogP contribution in [-0.4, -0.2) is 54.0 Å². The molecule has 0 fully saturated rings. The minimum Gasteiger partial charge on any atom is -0.477 e. The summed E-state index contributed by atoms with van der Waals surface area (Å²) < 4.78 is 11.1. The van der Waals surface area contributed by atoms with Crippen molar-refractivity contribution >= 4 is 17.7 Å². The Morgan fingerprint density at radius 1 is 1.30 bits per heavy atom. The number of carboxylic acids is 1. The van der Waals surface area contributed by atoms with E-state index in [1.54, 1.807) is 59.1 Å². The Kier molecular flexibility index (Phi) is 4.26. The van der Waals surface area contributed by atoms with E-state index in [0.29, 0.717) is 11.4 Å². The molecule has 1 amide bonds. The SMILES string of the molecule is CN(C)C1(C(=O)O)CN(C(=O)OC(C)(C)C)c2ccccc2O1. The van der Waals surface area contributed by atoms with Crippen molar-refractivity contribution in [2.75, 3.05) is 25.5 Å². The third kappa shape index (κ3) is 3.24. The smallest absolute Gasteiger partial charge is 0.415 e. The minimum atomic E-state index is -1.68. The molecule has 1 unspecified atom stereocenters. The largest absolute Gasteiger partial charge is 0.477 e. The number of likely N-dealkylation sites (N-methyl/N-ethyl adjacent to an activating group) is 1. The van der Waals surface area contributed by atoms with Gasteiger partial charge in [0.2, 0.25) is 0 Å². The fourth-order valence-electron chi connectivity index (χ4n) is 2.30. The molecular formula is C16H22N2O5. The molecule has 1 aliphatic heterocycles. The summed E-state index contributed by atoms with van der Waals surface area (Å²) in [6, 6.07) is 6.80. The van der Waals surface area contributed by atoms with Crippen LogP contribution in [0.3, 0.4) is 0 Å². The highest BCUT2D eigenvalue weighted by Crippen LogP contribution is 2.38. The number of rotatable bonds is 2. The lowest BCUT2D eigenvalue weighted by molar-refractivity contribution is -0.170. The average molecular weight is 322 g/mol. The fourth-order valence-corrected chi connectivity index (χ4v) is 2.30. The highest BCUT2D eigenvalue weighted by molar-refractivity contribution is 5.93. The zero-order valence-electron chi connectivity index (χ0n) is 14.0. The molecule has 0 aromatic heterocycles. The fraction of sp³-hybridized carbons (Fsp3) is 0.500. The molecule has 1 aromatic rings. The maximum Gasteiger partial charge on any atom is 0.415 e. The first-order valence-electron chi connectivity index (χ1n) is 7.26. The second kappa shape index (κ2) is 5.73. The molecule has 0 spiro atoms. The van der Waals surface area contributed by atoms with Gasteiger partial charge in [-0.15, -0.1) is 0 Å². The molecule has 1 heterocycles. The summed E-state index contributed by atoms with van der Waals surface area (Å²) in [5, 5.41) is 9.67. The second-order valence-corrected chi connectivity index (χ2v) is 6.62. The average Bonchev–Trinajstić information content (AvgIpc) is 2.43. The van der Waals surface area contributed by atoms with Crippen LogP contribution in [-0.2, 0) is 9.53 Å². The maximum atomic E-state index is 12.5. The van der Waals surface area contributed by atoms with Crippen LogP contribution in [0.2, 0.25) is 0 Å². The van der Waals surface area contributed by atoms with Crippen LogP contribution in [0, 0.1) is 0 Å². The van der Waals surface area contributed by atoms with E-state index in [2.05, 4.69) is 0 Å². The van der Waals surface area contributed by atoms with Crippen molar-refractivity contribution in [1.82, 2.24) is 4.90 Å². The summed E-state index contributed by atoms with van der Waals surface area (Å²) in [6.07, 6.45) is -0.610. The van der Waals surface area contributed by atoms with Gasteiger partial charge in [0.1, 0.15) is 11.4 Å². The third-order valence-corrected chi connectivity index (χ3v) is 3.48. The normalized spacial score (nSPS) is 20.7. The molecular weight excluding hydrogens is 300 g/mol. The summed E-state index contributed by atoms with van der Waals surface area (Å²) in [6.45, 7) is 5.09. The highest BCUT2D eigenvalue weighted by Gasteiger charge is 2.51. The Morgan fingerprint density at radius 3 is 2.43 bits per heavy atom.